The van der Waals surface area contributed by atoms with E-state index in [0.29, 0.717) is 44.1 Å². The maximum Gasteiger partial charge on any atom is 0.323 e. The van der Waals surface area contributed by atoms with Crippen molar-refractivity contribution in [2.45, 2.75) is 6.61 Å². The molecule has 1 saturated heterocycles. The molecule has 28 heavy (non-hydrogen) atoms. The number of ether oxygens (including phenoxy) is 1. The van der Waals surface area contributed by atoms with Crippen LogP contribution in [0.4, 0.5) is 4.79 Å². The van der Waals surface area contributed by atoms with Crippen LogP contribution in [-0.4, -0.2) is 33.7 Å². The van der Waals surface area contributed by atoms with Crippen LogP contribution in [0.15, 0.2) is 51.8 Å². The predicted molar refractivity (Wildman–Crippen MR) is 110 cm³/mol. The molecule has 3 rings (SSSR count). The summed E-state index contributed by atoms with van der Waals surface area (Å²) in [5, 5.41) is 8.52. The van der Waals surface area contributed by atoms with E-state index in [9.17, 15) is 14.4 Å². The van der Waals surface area contributed by atoms with Crippen LogP contribution in [0.5, 0.6) is 5.75 Å². The fourth-order valence-corrected chi connectivity index (χ4v) is 4.28. The number of amides is 2. The van der Waals surface area contributed by atoms with E-state index in [4.69, 9.17) is 21.4 Å². The van der Waals surface area contributed by atoms with Crippen LogP contribution in [0.3, 0.4) is 0 Å². The topological polar surface area (TPSA) is 83.9 Å². The minimum atomic E-state index is -1.26. The van der Waals surface area contributed by atoms with Crippen LogP contribution in [-0.2, 0) is 16.2 Å². The van der Waals surface area contributed by atoms with Gasteiger partial charge in [-0.2, -0.15) is 0 Å². The van der Waals surface area contributed by atoms with Gasteiger partial charge in [-0.3, -0.25) is 19.3 Å². The summed E-state index contributed by atoms with van der Waals surface area (Å²) in [4.78, 5) is 35.7. The first-order valence-corrected chi connectivity index (χ1v) is 9.97. The number of carboxylic acids is 1. The van der Waals surface area contributed by atoms with Gasteiger partial charge in [-0.05, 0) is 57.0 Å². The highest BCUT2D eigenvalue weighted by molar-refractivity contribution is 9.10. The molecule has 1 aliphatic heterocycles. The fourth-order valence-electron chi connectivity index (χ4n) is 2.45. The summed E-state index contributed by atoms with van der Waals surface area (Å²) in [7, 11) is 0. The molecule has 2 aromatic carbocycles. The maximum absolute atomic E-state index is 12.2. The van der Waals surface area contributed by atoms with Gasteiger partial charge in [0.2, 0.25) is 0 Å². The Labute approximate surface area is 178 Å². The molecule has 6 nitrogen and oxygen atoms in total. The van der Waals surface area contributed by atoms with Crippen molar-refractivity contribution in [2.75, 3.05) is 6.54 Å². The average Bonchev–Trinajstić information content (AvgIpc) is 2.89. The normalized spacial score (nSPS) is 15.4. The first-order valence-electron chi connectivity index (χ1n) is 7.98. The van der Waals surface area contributed by atoms with Crippen LogP contribution in [0.2, 0.25) is 5.02 Å². The Morgan fingerprint density at radius 1 is 1.25 bits per heavy atom. The number of rotatable bonds is 6. The summed E-state index contributed by atoms with van der Waals surface area (Å²) in [6.45, 7) is -0.328. The molecule has 0 spiro atoms. The van der Waals surface area contributed by atoms with E-state index in [1.165, 1.54) is 6.08 Å². The third kappa shape index (κ3) is 4.76. The van der Waals surface area contributed by atoms with Crippen LogP contribution < -0.4 is 4.74 Å². The number of benzene rings is 2. The zero-order chi connectivity index (χ0) is 20.3. The van der Waals surface area contributed by atoms with Crippen molar-refractivity contribution < 1.29 is 24.2 Å². The van der Waals surface area contributed by atoms with Crippen molar-refractivity contribution in [3.05, 3.63) is 68.0 Å². The highest BCUT2D eigenvalue weighted by Crippen LogP contribution is 2.37. The summed E-state index contributed by atoms with van der Waals surface area (Å²) >= 11 is 10.4. The number of carboxylic acid groups (broad SMARTS) is 1. The molecule has 1 fully saturated rings. The zero-order valence-corrected chi connectivity index (χ0v) is 17.4. The number of carbonyl (C=O) groups excluding carboxylic acids is 2. The van der Waals surface area contributed by atoms with Gasteiger partial charge in [0.15, 0.2) is 5.75 Å². The second kappa shape index (κ2) is 8.81. The summed E-state index contributed by atoms with van der Waals surface area (Å²) in [5.74, 6) is -1.44. The summed E-state index contributed by atoms with van der Waals surface area (Å²) in [6.07, 6.45) is 1.49. The smallest absolute Gasteiger partial charge is 0.323 e. The molecule has 1 N–H and O–H groups in total. The van der Waals surface area contributed by atoms with Gasteiger partial charge in [-0.15, -0.1) is 0 Å². The zero-order valence-electron chi connectivity index (χ0n) is 14.2. The minimum Gasteiger partial charge on any atom is -0.486 e. The number of hydrogen-bond acceptors (Lipinski definition) is 5. The third-order valence-electron chi connectivity index (χ3n) is 3.71. The third-order valence-corrected chi connectivity index (χ3v) is 5.49. The summed E-state index contributed by atoms with van der Waals surface area (Å²) in [6, 6.07) is 12.9. The van der Waals surface area contributed by atoms with E-state index < -0.39 is 23.7 Å². The van der Waals surface area contributed by atoms with Gasteiger partial charge in [0.05, 0.1) is 14.4 Å². The SMILES string of the molecule is O=C(O)CN1C(=O)S/C(=C/c2cc(Cl)c(OCc3ccccc3)c(Br)c2)C1=O. The number of thioether (sulfide) groups is 1. The van der Waals surface area contributed by atoms with Crippen molar-refractivity contribution >= 4 is 62.5 Å². The number of nitrogens with zero attached hydrogens (tertiary/aromatic N) is 1. The van der Waals surface area contributed by atoms with Crippen molar-refractivity contribution in [2.24, 2.45) is 0 Å². The lowest BCUT2D eigenvalue weighted by Gasteiger charge is -2.11. The molecule has 0 aliphatic carbocycles. The maximum atomic E-state index is 12.2. The van der Waals surface area contributed by atoms with Crippen LogP contribution in [0.25, 0.3) is 6.08 Å². The molecule has 0 aromatic heterocycles. The Kier molecular flexibility index (Phi) is 6.43. The molecule has 2 amide bonds. The molecule has 0 bridgehead atoms. The minimum absolute atomic E-state index is 0.132. The number of hydrogen-bond donors (Lipinski definition) is 1. The molecular formula is C19H13BrClNO5S. The lowest BCUT2D eigenvalue weighted by Crippen LogP contribution is -2.33. The molecule has 144 valence electrons. The monoisotopic (exact) mass is 481 g/mol. The van der Waals surface area contributed by atoms with Crippen LogP contribution in [0.1, 0.15) is 11.1 Å². The van der Waals surface area contributed by atoms with Gasteiger partial charge < -0.3 is 9.84 Å². The Bertz CT molecular complexity index is 957. The summed E-state index contributed by atoms with van der Waals surface area (Å²) in [5.41, 5.74) is 1.56. The number of imide groups is 1. The Morgan fingerprint density at radius 2 is 1.96 bits per heavy atom. The Hall–Kier alpha value is -2.29. The van der Waals surface area contributed by atoms with E-state index in [2.05, 4.69) is 15.9 Å². The molecule has 1 aliphatic rings. The van der Waals surface area contributed by atoms with E-state index in [1.54, 1.807) is 12.1 Å². The van der Waals surface area contributed by atoms with Gasteiger partial charge in [0.1, 0.15) is 13.2 Å². The van der Waals surface area contributed by atoms with E-state index in [1.807, 2.05) is 30.3 Å². The second-order valence-corrected chi connectivity index (χ2v) is 8.00. The standard InChI is InChI=1S/C19H13BrClNO5S/c20-13-6-12(8-15-18(25)22(9-16(23)24)19(26)28-15)7-14(21)17(13)27-10-11-4-2-1-3-5-11/h1-8H,9-10H2,(H,23,24)/b15-8+. The molecule has 0 unspecified atom stereocenters. The average molecular weight is 483 g/mol. The van der Waals surface area contributed by atoms with Gasteiger partial charge >= 0.3 is 5.97 Å². The first-order chi connectivity index (χ1) is 13.3. The second-order valence-electron chi connectivity index (χ2n) is 5.75. The molecular weight excluding hydrogens is 470 g/mol. The quantitative estimate of drug-likeness (QED) is 0.595. The highest BCUT2D eigenvalue weighted by atomic mass is 79.9. The Balaban J connectivity index is 1.79. The van der Waals surface area contributed by atoms with Crippen molar-refractivity contribution in [1.82, 2.24) is 4.90 Å². The van der Waals surface area contributed by atoms with E-state index >= 15 is 0 Å². The molecule has 2 aromatic rings. The van der Waals surface area contributed by atoms with Gasteiger partial charge in [0, 0.05) is 0 Å². The lowest BCUT2D eigenvalue weighted by atomic mass is 10.2. The molecule has 9 heteroatoms. The molecule has 0 atom stereocenters. The number of halogens is 2. The highest BCUT2D eigenvalue weighted by Gasteiger charge is 2.36. The number of carbonyl (C=O) groups is 3. The molecule has 1 heterocycles. The van der Waals surface area contributed by atoms with E-state index in [0.717, 1.165) is 5.56 Å². The molecule has 0 radical (unpaired) electrons. The van der Waals surface area contributed by atoms with Crippen molar-refractivity contribution in [1.29, 1.82) is 0 Å². The van der Waals surface area contributed by atoms with Gasteiger partial charge in [0.25, 0.3) is 11.1 Å². The van der Waals surface area contributed by atoms with Crippen LogP contribution >= 0.6 is 39.3 Å². The van der Waals surface area contributed by atoms with Crippen molar-refractivity contribution in [3.8, 4) is 5.75 Å². The van der Waals surface area contributed by atoms with Gasteiger partial charge in [-0.25, -0.2) is 0 Å². The fraction of sp³-hybridized carbons (Fsp3) is 0.105. The van der Waals surface area contributed by atoms with Gasteiger partial charge in [-0.1, -0.05) is 41.9 Å². The number of aliphatic carboxylic acids is 1. The largest absolute Gasteiger partial charge is 0.486 e. The predicted octanol–water partition coefficient (Wildman–Crippen LogP) is 4.80. The van der Waals surface area contributed by atoms with Crippen molar-refractivity contribution in [3.63, 3.8) is 0 Å². The molecule has 0 saturated carbocycles. The van der Waals surface area contributed by atoms with Crippen LogP contribution in [0, 0.1) is 0 Å². The first kappa shape index (κ1) is 20.4. The summed E-state index contributed by atoms with van der Waals surface area (Å²) < 4.78 is 6.37. The lowest BCUT2D eigenvalue weighted by molar-refractivity contribution is -0.140. The Morgan fingerprint density at radius 3 is 2.61 bits per heavy atom. The van der Waals surface area contributed by atoms with E-state index in [-0.39, 0.29) is 4.91 Å².